The number of para-hydroxylation sites is 1. The van der Waals surface area contributed by atoms with Gasteiger partial charge in [0.2, 0.25) is 5.43 Å². The lowest BCUT2D eigenvalue weighted by molar-refractivity contribution is 0.101. The zero-order valence-corrected chi connectivity index (χ0v) is 16.5. The van der Waals surface area contributed by atoms with Crippen molar-refractivity contribution in [2.75, 3.05) is 18.5 Å². The second-order valence-corrected chi connectivity index (χ2v) is 7.03. The maximum Gasteiger partial charge on any atom is 0.280 e. The van der Waals surface area contributed by atoms with E-state index in [0.29, 0.717) is 40.6 Å². The third-order valence-corrected chi connectivity index (χ3v) is 4.86. The number of anilines is 1. The molecular formula is C20H16BrN3O4. The largest absolute Gasteiger partial charge is 0.486 e. The molecule has 4 rings (SSSR count). The molecule has 0 unspecified atom stereocenters. The van der Waals surface area contributed by atoms with Crippen LogP contribution in [0.2, 0.25) is 0 Å². The second kappa shape index (κ2) is 7.47. The van der Waals surface area contributed by atoms with Gasteiger partial charge in [-0.2, -0.15) is 5.10 Å². The van der Waals surface area contributed by atoms with Crippen LogP contribution in [0.15, 0.2) is 57.8 Å². The minimum atomic E-state index is -0.605. The van der Waals surface area contributed by atoms with E-state index in [-0.39, 0.29) is 5.69 Å². The summed E-state index contributed by atoms with van der Waals surface area (Å²) in [5.74, 6) is 0.520. The molecule has 2 heterocycles. The normalized spacial score (nSPS) is 12.5. The number of amides is 1. The van der Waals surface area contributed by atoms with Gasteiger partial charge in [0, 0.05) is 28.4 Å². The van der Waals surface area contributed by atoms with Crippen molar-refractivity contribution in [1.29, 1.82) is 0 Å². The maximum atomic E-state index is 12.8. The van der Waals surface area contributed by atoms with E-state index >= 15 is 0 Å². The van der Waals surface area contributed by atoms with Crippen LogP contribution in [0.25, 0.3) is 5.69 Å². The first-order chi connectivity index (χ1) is 13.5. The van der Waals surface area contributed by atoms with Crippen LogP contribution in [-0.4, -0.2) is 28.9 Å². The van der Waals surface area contributed by atoms with E-state index in [2.05, 4.69) is 26.3 Å². The van der Waals surface area contributed by atoms with Gasteiger partial charge in [0.25, 0.3) is 5.91 Å². The lowest BCUT2D eigenvalue weighted by Gasteiger charge is -2.20. The molecule has 0 saturated heterocycles. The number of aromatic nitrogens is 2. The summed E-state index contributed by atoms with van der Waals surface area (Å²) in [6.45, 7) is 2.67. The van der Waals surface area contributed by atoms with Gasteiger partial charge in [0.05, 0.1) is 11.4 Å². The summed E-state index contributed by atoms with van der Waals surface area (Å²) >= 11 is 3.40. The minimum Gasteiger partial charge on any atom is -0.486 e. The van der Waals surface area contributed by atoms with Crippen LogP contribution in [0.1, 0.15) is 16.2 Å². The average Bonchev–Trinajstić information content (AvgIpc) is 2.69. The number of hydrogen-bond acceptors (Lipinski definition) is 5. The van der Waals surface area contributed by atoms with Gasteiger partial charge in [0.1, 0.15) is 13.2 Å². The highest BCUT2D eigenvalue weighted by Crippen LogP contribution is 2.38. The van der Waals surface area contributed by atoms with Crippen molar-refractivity contribution in [3.8, 4) is 17.2 Å². The molecule has 28 heavy (non-hydrogen) atoms. The highest BCUT2D eigenvalue weighted by molar-refractivity contribution is 9.10. The summed E-state index contributed by atoms with van der Waals surface area (Å²) in [5.41, 5.74) is 1.21. The van der Waals surface area contributed by atoms with Gasteiger partial charge >= 0.3 is 0 Å². The fourth-order valence-electron chi connectivity index (χ4n) is 2.88. The third-order valence-electron chi connectivity index (χ3n) is 4.20. The summed E-state index contributed by atoms with van der Waals surface area (Å²) in [7, 11) is 0. The molecule has 0 bridgehead atoms. The molecule has 1 aliphatic heterocycles. The maximum absolute atomic E-state index is 12.8. The van der Waals surface area contributed by atoms with Crippen LogP contribution >= 0.6 is 15.9 Å². The van der Waals surface area contributed by atoms with Crippen molar-refractivity contribution in [3.05, 3.63) is 74.6 Å². The number of nitrogens with zero attached hydrogens (tertiary/aromatic N) is 2. The van der Waals surface area contributed by atoms with Crippen LogP contribution in [-0.2, 0) is 0 Å². The van der Waals surface area contributed by atoms with Crippen LogP contribution in [0.4, 0.5) is 5.69 Å². The molecule has 1 aromatic heterocycles. The number of fused-ring (bicyclic) bond motifs is 1. The summed E-state index contributed by atoms with van der Waals surface area (Å²) in [4.78, 5) is 25.1. The Morgan fingerprint density at radius 2 is 1.79 bits per heavy atom. The molecule has 2 aromatic carbocycles. The number of carbonyl (C=O) groups excluding carboxylic acids is 1. The molecule has 0 spiro atoms. The van der Waals surface area contributed by atoms with Crippen molar-refractivity contribution >= 4 is 27.5 Å². The molecule has 0 fully saturated rings. The van der Waals surface area contributed by atoms with E-state index in [1.807, 2.05) is 30.3 Å². The standard InChI is InChI=1S/C20H16BrN3O4/c1-12-9-16(25)19(23-24(12)13-5-3-2-4-6-13)20(26)22-15-11-18-17(10-14(15)21)27-7-8-28-18/h2-6,9-11H,7-8H2,1H3,(H,22,26). The number of rotatable bonds is 3. The van der Waals surface area contributed by atoms with Crippen molar-refractivity contribution in [3.63, 3.8) is 0 Å². The van der Waals surface area contributed by atoms with Gasteiger partial charge in [-0.25, -0.2) is 4.68 Å². The molecule has 0 atom stereocenters. The van der Waals surface area contributed by atoms with E-state index in [1.165, 1.54) is 6.07 Å². The summed E-state index contributed by atoms with van der Waals surface area (Å²) in [5, 5.41) is 6.99. The van der Waals surface area contributed by atoms with Gasteiger partial charge in [-0.1, -0.05) is 18.2 Å². The Balaban J connectivity index is 1.68. The van der Waals surface area contributed by atoms with Crippen molar-refractivity contribution < 1.29 is 14.3 Å². The Morgan fingerprint density at radius 3 is 2.50 bits per heavy atom. The van der Waals surface area contributed by atoms with E-state index in [0.717, 1.165) is 5.69 Å². The Kier molecular flexibility index (Phi) is 4.87. The Hall–Kier alpha value is -3.13. The number of benzene rings is 2. The average molecular weight is 442 g/mol. The number of aryl methyl sites for hydroxylation is 1. The number of carbonyl (C=O) groups is 1. The van der Waals surface area contributed by atoms with Crippen molar-refractivity contribution in [1.82, 2.24) is 9.78 Å². The van der Waals surface area contributed by atoms with Crippen molar-refractivity contribution in [2.24, 2.45) is 0 Å². The summed E-state index contributed by atoms with van der Waals surface area (Å²) < 4.78 is 13.2. The van der Waals surface area contributed by atoms with Gasteiger partial charge in [-0.05, 0) is 35.0 Å². The monoisotopic (exact) mass is 441 g/mol. The van der Waals surface area contributed by atoms with Crippen LogP contribution in [0.5, 0.6) is 11.5 Å². The smallest absolute Gasteiger partial charge is 0.280 e. The van der Waals surface area contributed by atoms with E-state index in [4.69, 9.17) is 9.47 Å². The number of nitrogens with one attached hydrogen (secondary N) is 1. The molecule has 1 amide bonds. The molecule has 0 aliphatic carbocycles. The zero-order valence-electron chi connectivity index (χ0n) is 14.9. The van der Waals surface area contributed by atoms with E-state index < -0.39 is 11.3 Å². The molecule has 1 N–H and O–H groups in total. The zero-order chi connectivity index (χ0) is 19.7. The fourth-order valence-corrected chi connectivity index (χ4v) is 3.30. The molecule has 8 heteroatoms. The molecule has 7 nitrogen and oxygen atoms in total. The highest BCUT2D eigenvalue weighted by atomic mass is 79.9. The predicted molar refractivity (Wildman–Crippen MR) is 108 cm³/mol. The highest BCUT2D eigenvalue weighted by Gasteiger charge is 2.19. The number of ether oxygens (including phenoxy) is 2. The van der Waals surface area contributed by atoms with Gasteiger partial charge in [-0.15, -0.1) is 0 Å². The Labute approximate surface area is 169 Å². The topological polar surface area (TPSA) is 82.5 Å². The van der Waals surface area contributed by atoms with E-state index in [1.54, 1.807) is 23.7 Å². The van der Waals surface area contributed by atoms with Crippen LogP contribution in [0, 0.1) is 6.92 Å². The van der Waals surface area contributed by atoms with E-state index in [9.17, 15) is 9.59 Å². The first-order valence-electron chi connectivity index (χ1n) is 8.60. The molecule has 3 aromatic rings. The van der Waals surface area contributed by atoms with Crippen molar-refractivity contribution in [2.45, 2.75) is 6.92 Å². The van der Waals surface area contributed by atoms with Gasteiger partial charge < -0.3 is 14.8 Å². The first kappa shape index (κ1) is 18.2. The number of halogens is 1. The molecular weight excluding hydrogens is 426 g/mol. The van der Waals surface area contributed by atoms with Gasteiger partial charge in [0.15, 0.2) is 17.2 Å². The predicted octanol–water partition coefficient (Wildman–Crippen LogP) is 3.33. The van der Waals surface area contributed by atoms with Crippen LogP contribution < -0.4 is 20.2 Å². The SMILES string of the molecule is Cc1cc(=O)c(C(=O)Nc2cc3c(cc2Br)OCCO3)nn1-c1ccccc1. The lowest BCUT2D eigenvalue weighted by Crippen LogP contribution is -2.27. The Morgan fingerprint density at radius 1 is 1.11 bits per heavy atom. The molecule has 0 saturated carbocycles. The number of hydrogen-bond donors (Lipinski definition) is 1. The Bertz CT molecular complexity index is 1110. The molecule has 0 radical (unpaired) electrons. The van der Waals surface area contributed by atoms with Gasteiger partial charge in [-0.3, -0.25) is 9.59 Å². The fraction of sp³-hybridized carbons (Fsp3) is 0.150. The minimum absolute atomic E-state index is 0.198. The quantitative estimate of drug-likeness (QED) is 0.673. The summed E-state index contributed by atoms with van der Waals surface area (Å²) in [6.07, 6.45) is 0. The second-order valence-electron chi connectivity index (χ2n) is 6.18. The summed E-state index contributed by atoms with van der Waals surface area (Å²) in [6, 6.07) is 14.1. The first-order valence-corrected chi connectivity index (χ1v) is 9.39. The molecule has 1 aliphatic rings. The molecule has 142 valence electrons. The third kappa shape index (κ3) is 3.50. The lowest BCUT2D eigenvalue weighted by atomic mass is 10.2. The van der Waals surface area contributed by atoms with Crippen LogP contribution in [0.3, 0.4) is 0 Å².